The maximum Gasteiger partial charge on any atom is 0.222 e. The zero-order valence-electron chi connectivity index (χ0n) is 16.9. The number of aryl methyl sites for hydroxylation is 1. The van der Waals surface area contributed by atoms with Crippen molar-refractivity contribution < 1.29 is 4.39 Å². The lowest BCUT2D eigenvalue weighted by molar-refractivity contribution is 0.195. The van der Waals surface area contributed by atoms with Gasteiger partial charge in [0.25, 0.3) is 0 Å². The Kier molecular flexibility index (Phi) is 5.76. The molecule has 2 aromatic rings. The molecule has 2 heterocycles. The molecule has 1 aliphatic heterocycles. The number of piperazine rings is 1. The Morgan fingerprint density at radius 1 is 1.07 bits per heavy atom. The van der Waals surface area contributed by atoms with Gasteiger partial charge in [0.1, 0.15) is 0 Å². The van der Waals surface area contributed by atoms with Crippen molar-refractivity contribution in [3.63, 3.8) is 0 Å². The van der Waals surface area contributed by atoms with Crippen LogP contribution in [0.5, 0.6) is 0 Å². The summed E-state index contributed by atoms with van der Waals surface area (Å²) in [4.78, 5) is 13.1. The van der Waals surface area contributed by atoms with E-state index in [0.29, 0.717) is 12.0 Å². The normalized spacial score (nSPS) is 22.8. The third-order valence-electron chi connectivity index (χ3n) is 6.33. The lowest BCUT2D eigenvalue weighted by Gasteiger charge is -2.40. The van der Waals surface area contributed by atoms with E-state index in [1.165, 1.54) is 42.2 Å². The smallest absolute Gasteiger partial charge is 0.222 e. The maximum absolute atomic E-state index is 12.9. The Hall–Kier alpha value is -2.21. The second-order valence-corrected chi connectivity index (χ2v) is 8.24. The number of rotatable bonds is 6. The van der Waals surface area contributed by atoms with Crippen LogP contribution in [0.4, 0.5) is 16.0 Å². The monoisotopic (exact) mass is 383 g/mol. The topological polar surface area (TPSA) is 44.3 Å². The van der Waals surface area contributed by atoms with Crippen molar-refractivity contribution in [1.82, 2.24) is 14.9 Å². The molecule has 0 amide bonds. The van der Waals surface area contributed by atoms with Gasteiger partial charge >= 0.3 is 0 Å². The lowest BCUT2D eigenvalue weighted by Crippen LogP contribution is -2.47. The minimum atomic E-state index is -0.394. The highest BCUT2D eigenvalue weighted by molar-refractivity contribution is 5.56. The second-order valence-electron chi connectivity index (χ2n) is 8.24. The predicted octanol–water partition coefficient (Wildman–Crippen LogP) is 3.64. The summed E-state index contributed by atoms with van der Waals surface area (Å²) in [6, 6.07) is 7.04. The van der Waals surface area contributed by atoms with E-state index in [4.69, 9.17) is 0 Å². The van der Waals surface area contributed by atoms with Crippen molar-refractivity contribution in [2.24, 2.45) is 5.92 Å². The fourth-order valence-electron chi connectivity index (χ4n) is 4.31. The zero-order valence-corrected chi connectivity index (χ0v) is 16.9. The molecule has 150 valence electrons. The van der Waals surface area contributed by atoms with Crippen LogP contribution in [0.1, 0.15) is 30.4 Å². The minimum Gasteiger partial charge on any atom is -0.369 e. The molecule has 1 N–H and O–H groups in total. The van der Waals surface area contributed by atoms with Crippen molar-refractivity contribution in [1.29, 1.82) is 0 Å². The van der Waals surface area contributed by atoms with Gasteiger partial charge in [0.05, 0.1) is 12.4 Å². The Morgan fingerprint density at radius 2 is 1.79 bits per heavy atom. The second kappa shape index (κ2) is 8.43. The number of hydrogen-bond donors (Lipinski definition) is 1. The molecule has 0 spiro atoms. The predicted molar refractivity (Wildman–Crippen MR) is 111 cm³/mol. The maximum atomic E-state index is 12.9. The molecule has 0 radical (unpaired) electrons. The highest BCUT2D eigenvalue weighted by atomic mass is 19.1. The van der Waals surface area contributed by atoms with Gasteiger partial charge in [-0.15, -0.1) is 0 Å². The number of nitrogens with zero attached hydrogens (tertiary/aromatic N) is 4. The van der Waals surface area contributed by atoms with Gasteiger partial charge in [0, 0.05) is 37.9 Å². The van der Waals surface area contributed by atoms with Crippen molar-refractivity contribution in [2.45, 2.75) is 39.2 Å². The number of anilines is 2. The molecule has 1 aromatic heterocycles. The summed E-state index contributed by atoms with van der Waals surface area (Å²) < 4.78 is 12.9. The van der Waals surface area contributed by atoms with Crippen LogP contribution in [0.2, 0.25) is 0 Å². The van der Waals surface area contributed by atoms with Gasteiger partial charge in [0.2, 0.25) is 5.95 Å². The van der Waals surface area contributed by atoms with Gasteiger partial charge in [-0.25, -0.2) is 14.4 Å². The van der Waals surface area contributed by atoms with E-state index < -0.39 is 5.82 Å². The van der Waals surface area contributed by atoms with E-state index in [0.717, 1.165) is 44.9 Å². The van der Waals surface area contributed by atoms with E-state index in [1.54, 1.807) is 0 Å². The molecule has 5 nitrogen and oxygen atoms in total. The van der Waals surface area contributed by atoms with Crippen LogP contribution in [-0.4, -0.2) is 53.6 Å². The van der Waals surface area contributed by atoms with Crippen molar-refractivity contribution >= 4 is 11.6 Å². The van der Waals surface area contributed by atoms with Crippen LogP contribution in [0.15, 0.2) is 30.6 Å². The van der Waals surface area contributed by atoms with E-state index >= 15 is 0 Å². The van der Waals surface area contributed by atoms with Gasteiger partial charge in [-0.05, 0) is 62.8 Å². The first kappa shape index (κ1) is 19.1. The molecule has 2 aliphatic rings. The summed E-state index contributed by atoms with van der Waals surface area (Å²) >= 11 is 0. The molecule has 4 rings (SSSR count). The molecule has 2 fully saturated rings. The third-order valence-corrected chi connectivity index (χ3v) is 6.33. The molecular weight excluding hydrogens is 353 g/mol. The molecule has 1 aliphatic carbocycles. The first-order valence-corrected chi connectivity index (χ1v) is 10.4. The van der Waals surface area contributed by atoms with E-state index in [9.17, 15) is 4.39 Å². The van der Waals surface area contributed by atoms with E-state index in [1.807, 2.05) is 0 Å². The van der Waals surface area contributed by atoms with Gasteiger partial charge < -0.3 is 10.2 Å². The number of halogens is 1. The number of benzene rings is 1. The first-order chi connectivity index (χ1) is 13.6. The summed E-state index contributed by atoms with van der Waals surface area (Å²) in [7, 11) is 0. The van der Waals surface area contributed by atoms with Crippen molar-refractivity contribution in [3.05, 3.63) is 47.5 Å². The third kappa shape index (κ3) is 4.43. The van der Waals surface area contributed by atoms with Crippen molar-refractivity contribution in [2.75, 3.05) is 42.9 Å². The SMILES string of the molecule is Cc1cccc(N2CCN(CCC3CC(Nc4ncc(F)cn4)C3)CC2)c1C. The average molecular weight is 384 g/mol. The Balaban J connectivity index is 1.16. The summed E-state index contributed by atoms with van der Waals surface area (Å²) in [6.07, 6.45) is 5.99. The molecular formula is C22H30FN5. The van der Waals surface area contributed by atoms with Crippen LogP contribution >= 0.6 is 0 Å². The van der Waals surface area contributed by atoms with Gasteiger partial charge in [-0.3, -0.25) is 4.90 Å². The van der Waals surface area contributed by atoms with Gasteiger partial charge in [0.15, 0.2) is 5.82 Å². The number of nitrogens with one attached hydrogen (secondary N) is 1. The summed E-state index contributed by atoms with van der Waals surface area (Å²) in [5, 5.41) is 3.30. The van der Waals surface area contributed by atoms with Crippen LogP contribution in [0.3, 0.4) is 0 Å². The molecule has 0 bridgehead atoms. The lowest BCUT2D eigenvalue weighted by atomic mass is 9.78. The Bertz CT molecular complexity index is 780. The van der Waals surface area contributed by atoms with E-state index in [2.05, 4.69) is 57.1 Å². The van der Waals surface area contributed by atoms with Gasteiger partial charge in [-0.2, -0.15) is 0 Å². The average Bonchev–Trinajstić information content (AvgIpc) is 2.68. The molecule has 6 heteroatoms. The summed E-state index contributed by atoms with van der Waals surface area (Å²) in [6.45, 7) is 10.1. The standard InChI is InChI=1S/C22H30FN5/c1-16-4-3-5-21(17(16)2)28-10-8-27(9-11-28)7-6-18-12-20(13-18)26-22-24-14-19(23)15-25-22/h3-5,14-15,18,20H,6-13H2,1-2H3,(H,24,25,26). The highest BCUT2D eigenvalue weighted by Gasteiger charge is 2.30. The van der Waals surface area contributed by atoms with Crippen molar-refractivity contribution in [3.8, 4) is 0 Å². The summed E-state index contributed by atoms with van der Waals surface area (Å²) in [5.41, 5.74) is 4.18. The van der Waals surface area contributed by atoms with Crippen LogP contribution < -0.4 is 10.2 Å². The molecule has 0 atom stereocenters. The molecule has 1 aromatic carbocycles. The zero-order chi connectivity index (χ0) is 19.5. The molecule has 28 heavy (non-hydrogen) atoms. The minimum absolute atomic E-state index is 0.394. The quantitative estimate of drug-likeness (QED) is 0.825. The highest BCUT2D eigenvalue weighted by Crippen LogP contribution is 2.32. The fourth-order valence-corrected chi connectivity index (χ4v) is 4.31. The Morgan fingerprint density at radius 3 is 2.50 bits per heavy atom. The van der Waals surface area contributed by atoms with Gasteiger partial charge in [-0.1, -0.05) is 12.1 Å². The Labute approximate surface area is 167 Å². The van der Waals surface area contributed by atoms with E-state index in [-0.39, 0.29) is 0 Å². The first-order valence-electron chi connectivity index (χ1n) is 10.4. The number of hydrogen-bond acceptors (Lipinski definition) is 5. The molecule has 1 saturated heterocycles. The van der Waals surface area contributed by atoms with Crippen LogP contribution in [-0.2, 0) is 0 Å². The largest absolute Gasteiger partial charge is 0.369 e. The van der Waals surface area contributed by atoms with Crippen LogP contribution in [0.25, 0.3) is 0 Å². The molecule has 0 unspecified atom stereocenters. The van der Waals surface area contributed by atoms with Crippen LogP contribution in [0, 0.1) is 25.6 Å². The molecule has 1 saturated carbocycles. The fraction of sp³-hybridized carbons (Fsp3) is 0.545. The summed E-state index contributed by atoms with van der Waals surface area (Å²) in [5.74, 6) is 0.914. The number of aromatic nitrogens is 2.